The molecule has 88 valence electrons. The topological polar surface area (TPSA) is 107 Å². The van der Waals surface area contributed by atoms with E-state index in [0.29, 0.717) is 0 Å². The lowest BCUT2D eigenvalue weighted by atomic mass is 10.2. The molecule has 0 spiro atoms. The van der Waals surface area contributed by atoms with E-state index < -0.39 is 39.7 Å². The summed E-state index contributed by atoms with van der Waals surface area (Å²) in [5.41, 5.74) is 0. The molecule has 0 saturated carbocycles. The van der Waals surface area contributed by atoms with E-state index in [0.717, 1.165) is 4.31 Å². The number of nitriles is 1. The van der Waals surface area contributed by atoms with E-state index >= 15 is 0 Å². The van der Waals surface area contributed by atoms with Gasteiger partial charge in [0.15, 0.2) is 5.25 Å². The number of sulfonamides is 1. The number of nitrogens with zero attached hydrogens (tertiary/aromatic N) is 2. The van der Waals surface area contributed by atoms with Crippen molar-refractivity contribution in [2.75, 3.05) is 6.54 Å². The number of hydrogen-bond donors (Lipinski definition) is 1. The number of carbonyl (C=O) groups is 2. The number of amides is 2. The summed E-state index contributed by atoms with van der Waals surface area (Å²) in [6.07, 6.45) is 0. The molecule has 7 nitrogen and oxygen atoms in total. The highest BCUT2D eigenvalue weighted by Gasteiger charge is 2.40. The molecular formula is C8H11N3O4S. The Morgan fingerprint density at radius 2 is 2.12 bits per heavy atom. The minimum absolute atomic E-state index is 0.429. The first-order valence-corrected chi connectivity index (χ1v) is 6.05. The smallest absolute Gasteiger partial charge is 0.244 e. The highest BCUT2D eigenvalue weighted by atomic mass is 32.2. The molecule has 16 heavy (non-hydrogen) atoms. The van der Waals surface area contributed by atoms with Crippen molar-refractivity contribution in [2.24, 2.45) is 0 Å². The Morgan fingerprint density at radius 1 is 1.56 bits per heavy atom. The summed E-state index contributed by atoms with van der Waals surface area (Å²) >= 11 is 0. The predicted molar refractivity (Wildman–Crippen MR) is 53.3 cm³/mol. The first kappa shape index (κ1) is 12.6. The molecule has 1 aliphatic rings. The second-order valence-corrected chi connectivity index (χ2v) is 5.66. The first-order chi connectivity index (χ1) is 7.30. The van der Waals surface area contributed by atoms with Crippen LogP contribution in [0.3, 0.4) is 0 Å². The van der Waals surface area contributed by atoms with Crippen molar-refractivity contribution in [1.29, 1.82) is 5.26 Å². The Balaban J connectivity index is 3.08. The third kappa shape index (κ3) is 2.05. The summed E-state index contributed by atoms with van der Waals surface area (Å²) in [7, 11) is -3.94. The van der Waals surface area contributed by atoms with Crippen molar-refractivity contribution in [1.82, 2.24) is 9.62 Å². The molecule has 0 bridgehead atoms. The normalized spacial score (nSPS) is 24.7. The van der Waals surface area contributed by atoms with Gasteiger partial charge in [-0.25, -0.2) is 8.42 Å². The predicted octanol–water partition coefficient (Wildman–Crippen LogP) is -1.42. The van der Waals surface area contributed by atoms with E-state index in [2.05, 4.69) is 0 Å². The van der Waals surface area contributed by atoms with E-state index in [9.17, 15) is 18.0 Å². The Bertz CT molecular complexity index is 464. The van der Waals surface area contributed by atoms with E-state index in [1.807, 2.05) is 5.32 Å². The van der Waals surface area contributed by atoms with Gasteiger partial charge in [-0.1, -0.05) is 0 Å². The van der Waals surface area contributed by atoms with Crippen LogP contribution in [0.4, 0.5) is 0 Å². The molecule has 0 aromatic carbocycles. The fourth-order valence-corrected chi connectivity index (χ4v) is 2.64. The largest absolute Gasteiger partial charge is 0.294 e. The van der Waals surface area contributed by atoms with Crippen molar-refractivity contribution in [2.45, 2.75) is 25.1 Å². The number of imide groups is 1. The van der Waals surface area contributed by atoms with Crippen molar-refractivity contribution >= 4 is 21.8 Å². The van der Waals surface area contributed by atoms with Crippen LogP contribution in [0.5, 0.6) is 0 Å². The Hall–Kier alpha value is -1.46. The molecule has 1 aliphatic heterocycles. The quantitative estimate of drug-likeness (QED) is 0.600. The van der Waals surface area contributed by atoms with Crippen LogP contribution < -0.4 is 5.32 Å². The average molecular weight is 245 g/mol. The fraction of sp³-hybridized carbons (Fsp3) is 0.625. The summed E-state index contributed by atoms with van der Waals surface area (Å²) in [6, 6.07) is 0.606. The molecule has 8 heteroatoms. The van der Waals surface area contributed by atoms with Gasteiger partial charge in [0, 0.05) is 0 Å². The van der Waals surface area contributed by atoms with Gasteiger partial charge in [0.1, 0.15) is 6.04 Å². The zero-order chi connectivity index (χ0) is 12.5. The summed E-state index contributed by atoms with van der Waals surface area (Å²) < 4.78 is 24.3. The standard InChI is InChI=1S/C8H11N3O4S/c1-5(3-9)16(14,15)11-4-7(12)10-8(13)6(11)2/h5-6H,4H2,1-2H3,(H,10,12,13). The highest BCUT2D eigenvalue weighted by molar-refractivity contribution is 7.90. The molecule has 1 saturated heterocycles. The highest BCUT2D eigenvalue weighted by Crippen LogP contribution is 2.15. The summed E-state index contributed by atoms with van der Waals surface area (Å²) in [5.74, 6) is -1.36. The lowest BCUT2D eigenvalue weighted by Gasteiger charge is -2.31. The van der Waals surface area contributed by atoms with Crippen LogP contribution in [0.1, 0.15) is 13.8 Å². The van der Waals surface area contributed by atoms with Gasteiger partial charge in [-0.15, -0.1) is 0 Å². The van der Waals surface area contributed by atoms with Gasteiger partial charge >= 0.3 is 0 Å². The Morgan fingerprint density at radius 3 is 2.62 bits per heavy atom. The van der Waals surface area contributed by atoms with E-state index in [4.69, 9.17) is 5.26 Å². The van der Waals surface area contributed by atoms with Crippen LogP contribution in [0.2, 0.25) is 0 Å². The van der Waals surface area contributed by atoms with Crippen molar-refractivity contribution in [3.63, 3.8) is 0 Å². The van der Waals surface area contributed by atoms with Crippen LogP contribution in [0, 0.1) is 11.3 Å². The van der Waals surface area contributed by atoms with Crippen LogP contribution >= 0.6 is 0 Å². The lowest BCUT2D eigenvalue weighted by molar-refractivity contribution is -0.136. The number of piperazine rings is 1. The lowest BCUT2D eigenvalue weighted by Crippen LogP contribution is -2.59. The average Bonchev–Trinajstić information content (AvgIpc) is 2.21. The molecule has 0 radical (unpaired) electrons. The monoisotopic (exact) mass is 245 g/mol. The number of nitrogens with one attached hydrogen (secondary N) is 1. The summed E-state index contributed by atoms with van der Waals surface area (Å²) in [6.45, 7) is 2.14. The summed E-state index contributed by atoms with van der Waals surface area (Å²) in [4.78, 5) is 22.3. The molecule has 1 N–H and O–H groups in total. The molecule has 2 amide bonds. The summed E-state index contributed by atoms with van der Waals surface area (Å²) in [5, 5.41) is 9.32. The maximum absolute atomic E-state index is 11.8. The maximum atomic E-state index is 11.8. The van der Waals surface area contributed by atoms with Crippen molar-refractivity contribution in [3.8, 4) is 6.07 Å². The maximum Gasteiger partial charge on any atom is 0.244 e. The first-order valence-electron chi connectivity index (χ1n) is 4.54. The fourth-order valence-electron chi connectivity index (χ4n) is 1.27. The SMILES string of the molecule is CC1C(=O)NC(=O)CN1S(=O)(=O)C(C)C#N. The zero-order valence-electron chi connectivity index (χ0n) is 8.80. The van der Waals surface area contributed by atoms with Crippen molar-refractivity contribution in [3.05, 3.63) is 0 Å². The van der Waals surface area contributed by atoms with Gasteiger partial charge < -0.3 is 0 Å². The molecule has 1 rings (SSSR count). The molecular weight excluding hydrogens is 234 g/mol. The van der Waals surface area contributed by atoms with Gasteiger partial charge in [-0.2, -0.15) is 9.57 Å². The molecule has 0 aliphatic carbocycles. The van der Waals surface area contributed by atoms with E-state index in [-0.39, 0.29) is 0 Å². The molecule has 2 unspecified atom stereocenters. The minimum atomic E-state index is -3.94. The van der Waals surface area contributed by atoms with Crippen LogP contribution in [0.15, 0.2) is 0 Å². The molecule has 0 aromatic heterocycles. The second-order valence-electron chi connectivity index (χ2n) is 3.45. The van der Waals surface area contributed by atoms with Gasteiger partial charge in [-0.05, 0) is 13.8 Å². The van der Waals surface area contributed by atoms with Gasteiger partial charge in [0.2, 0.25) is 21.8 Å². The molecule has 1 heterocycles. The second kappa shape index (κ2) is 4.19. The number of carbonyl (C=O) groups excluding carboxylic acids is 2. The van der Waals surface area contributed by atoms with Gasteiger partial charge in [0.25, 0.3) is 0 Å². The molecule has 2 atom stereocenters. The van der Waals surface area contributed by atoms with Crippen molar-refractivity contribution < 1.29 is 18.0 Å². The van der Waals surface area contributed by atoms with Gasteiger partial charge in [0.05, 0.1) is 12.6 Å². The third-order valence-corrected chi connectivity index (χ3v) is 4.43. The Kier molecular flexibility index (Phi) is 3.30. The minimum Gasteiger partial charge on any atom is -0.294 e. The van der Waals surface area contributed by atoms with Crippen LogP contribution in [-0.2, 0) is 19.6 Å². The van der Waals surface area contributed by atoms with Gasteiger partial charge in [-0.3, -0.25) is 14.9 Å². The van der Waals surface area contributed by atoms with Crippen LogP contribution in [-0.4, -0.2) is 42.4 Å². The third-order valence-electron chi connectivity index (χ3n) is 2.33. The Labute approximate surface area is 93.1 Å². The van der Waals surface area contributed by atoms with E-state index in [1.54, 1.807) is 6.07 Å². The number of rotatable bonds is 2. The molecule has 1 fully saturated rings. The molecule has 0 aromatic rings. The van der Waals surface area contributed by atoms with Crippen LogP contribution in [0.25, 0.3) is 0 Å². The van der Waals surface area contributed by atoms with E-state index in [1.165, 1.54) is 13.8 Å². The zero-order valence-corrected chi connectivity index (χ0v) is 9.61. The number of hydrogen-bond acceptors (Lipinski definition) is 5.